The molecule has 0 aliphatic carbocycles. The minimum absolute atomic E-state index is 0.0140. The average Bonchev–Trinajstić information content (AvgIpc) is 2.65. The van der Waals surface area contributed by atoms with Crippen LogP contribution in [0.15, 0.2) is 35.5 Å². The van der Waals surface area contributed by atoms with Gasteiger partial charge in [-0.05, 0) is 12.1 Å². The molecule has 0 atom stereocenters. The summed E-state index contributed by atoms with van der Waals surface area (Å²) in [7, 11) is -3.36. The van der Waals surface area contributed by atoms with Crippen molar-refractivity contribution >= 4 is 15.5 Å². The van der Waals surface area contributed by atoms with E-state index in [1.165, 1.54) is 24.4 Å². The van der Waals surface area contributed by atoms with Gasteiger partial charge >= 0.3 is 0 Å². The Hall–Kier alpha value is -1.89. The first-order chi connectivity index (χ1) is 7.89. The van der Waals surface area contributed by atoms with Crippen LogP contribution >= 0.6 is 0 Å². The van der Waals surface area contributed by atoms with Gasteiger partial charge < -0.3 is 5.73 Å². The van der Waals surface area contributed by atoms with Crippen LogP contribution in [0.2, 0.25) is 0 Å². The van der Waals surface area contributed by atoms with E-state index < -0.39 is 15.7 Å². The molecule has 0 aliphatic heterocycles. The largest absolute Gasteiger partial charge is 0.397 e. The number of nitrogens with two attached hydrogens (primary N) is 1. The summed E-state index contributed by atoms with van der Waals surface area (Å²) in [6.07, 6.45) is 3.43. The summed E-state index contributed by atoms with van der Waals surface area (Å²) in [5, 5.41) is 3.79. The highest BCUT2D eigenvalue weighted by Gasteiger charge is 2.14. The van der Waals surface area contributed by atoms with Gasteiger partial charge in [-0.2, -0.15) is 5.10 Å². The zero-order chi connectivity index (χ0) is 12.6. The summed E-state index contributed by atoms with van der Waals surface area (Å²) in [6.45, 7) is 0. The van der Waals surface area contributed by atoms with Crippen LogP contribution in [0.4, 0.5) is 10.1 Å². The number of aromatic nitrogens is 2. The zero-order valence-corrected chi connectivity index (χ0v) is 9.78. The lowest BCUT2D eigenvalue weighted by atomic mass is 10.2. The molecule has 1 heterocycles. The van der Waals surface area contributed by atoms with Crippen LogP contribution in [-0.4, -0.2) is 24.5 Å². The molecule has 2 N–H and O–H groups in total. The van der Waals surface area contributed by atoms with Gasteiger partial charge in [-0.3, -0.25) is 0 Å². The van der Waals surface area contributed by atoms with Gasteiger partial charge in [-0.1, -0.05) is 6.07 Å². The molecular weight excluding hydrogens is 245 g/mol. The van der Waals surface area contributed by atoms with Gasteiger partial charge in [0.2, 0.25) is 0 Å². The molecule has 0 aliphatic rings. The van der Waals surface area contributed by atoms with Gasteiger partial charge in [-0.25, -0.2) is 17.5 Å². The highest BCUT2D eigenvalue weighted by molar-refractivity contribution is 7.90. The van der Waals surface area contributed by atoms with Gasteiger partial charge in [-0.15, -0.1) is 0 Å². The Morgan fingerprint density at radius 3 is 2.65 bits per heavy atom. The molecule has 90 valence electrons. The molecule has 0 spiro atoms. The minimum atomic E-state index is -3.36. The number of para-hydroxylation sites is 1. The van der Waals surface area contributed by atoms with Crippen LogP contribution < -0.4 is 5.73 Å². The van der Waals surface area contributed by atoms with Gasteiger partial charge in [0.15, 0.2) is 15.7 Å². The Labute approximate surface area is 97.6 Å². The Bertz CT molecular complexity index is 644. The molecule has 0 saturated heterocycles. The molecule has 0 amide bonds. The van der Waals surface area contributed by atoms with Gasteiger partial charge in [0.05, 0.1) is 11.9 Å². The summed E-state index contributed by atoms with van der Waals surface area (Å²) in [4.78, 5) is 0.0140. The van der Waals surface area contributed by atoms with Crippen molar-refractivity contribution in [3.8, 4) is 5.69 Å². The highest BCUT2D eigenvalue weighted by Crippen LogP contribution is 2.21. The fourth-order valence-electron chi connectivity index (χ4n) is 1.39. The van der Waals surface area contributed by atoms with Crippen LogP contribution in [0.25, 0.3) is 5.69 Å². The average molecular weight is 255 g/mol. The van der Waals surface area contributed by atoms with Crippen LogP contribution in [0.5, 0.6) is 0 Å². The summed E-state index contributed by atoms with van der Waals surface area (Å²) in [6, 6.07) is 4.21. The number of rotatable bonds is 2. The standard InChI is InChI=1S/C10H10FN3O2S/c1-17(15,16)7-5-13-14(6-7)10-8(11)3-2-4-9(10)12/h2-6H,12H2,1H3. The second-order valence-corrected chi connectivity index (χ2v) is 5.59. The van der Waals surface area contributed by atoms with E-state index in [-0.39, 0.29) is 16.3 Å². The van der Waals surface area contributed by atoms with Crippen molar-refractivity contribution in [2.24, 2.45) is 0 Å². The second-order valence-electron chi connectivity index (χ2n) is 3.57. The number of halogens is 1. The Kier molecular flexibility index (Phi) is 2.62. The fourth-order valence-corrected chi connectivity index (χ4v) is 1.92. The predicted octanol–water partition coefficient (Wildman–Crippen LogP) is 0.997. The van der Waals surface area contributed by atoms with Crippen LogP contribution in [-0.2, 0) is 9.84 Å². The third-order valence-electron chi connectivity index (χ3n) is 2.23. The number of hydrogen-bond donors (Lipinski definition) is 1. The molecule has 0 radical (unpaired) electrons. The van der Waals surface area contributed by atoms with E-state index in [0.29, 0.717) is 0 Å². The van der Waals surface area contributed by atoms with Crippen molar-refractivity contribution in [2.75, 3.05) is 12.0 Å². The molecular formula is C10H10FN3O2S. The lowest BCUT2D eigenvalue weighted by Crippen LogP contribution is -2.03. The van der Waals surface area contributed by atoms with Crippen LogP contribution in [0, 0.1) is 5.82 Å². The van der Waals surface area contributed by atoms with Gasteiger partial charge in [0.25, 0.3) is 0 Å². The van der Waals surface area contributed by atoms with Crippen molar-refractivity contribution in [1.82, 2.24) is 9.78 Å². The molecule has 1 aromatic heterocycles. The smallest absolute Gasteiger partial charge is 0.178 e. The van der Waals surface area contributed by atoms with Gasteiger partial charge in [0, 0.05) is 12.5 Å². The second kappa shape index (κ2) is 3.85. The van der Waals surface area contributed by atoms with E-state index in [4.69, 9.17) is 5.73 Å². The van der Waals surface area contributed by atoms with E-state index in [9.17, 15) is 12.8 Å². The normalized spacial score (nSPS) is 11.6. The van der Waals surface area contributed by atoms with E-state index in [0.717, 1.165) is 17.1 Å². The van der Waals surface area contributed by atoms with Crippen LogP contribution in [0.1, 0.15) is 0 Å². The number of nitrogen functional groups attached to an aromatic ring is 1. The summed E-state index contributed by atoms with van der Waals surface area (Å²) >= 11 is 0. The number of sulfone groups is 1. The van der Waals surface area contributed by atoms with Crippen molar-refractivity contribution in [1.29, 1.82) is 0 Å². The van der Waals surface area contributed by atoms with Crippen molar-refractivity contribution in [3.63, 3.8) is 0 Å². The maximum absolute atomic E-state index is 13.6. The first-order valence-corrected chi connectivity index (χ1v) is 6.58. The molecule has 0 bridgehead atoms. The van der Waals surface area contributed by atoms with E-state index in [1.807, 2.05) is 0 Å². The zero-order valence-electron chi connectivity index (χ0n) is 8.96. The number of nitrogens with zero attached hydrogens (tertiary/aromatic N) is 2. The molecule has 2 rings (SSSR count). The lowest BCUT2D eigenvalue weighted by molar-refractivity contribution is 0.601. The number of hydrogen-bond acceptors (Lipinski definition) is 4. The summed E-state index contributed by atoms with van der Waals surface area (Å²) < 4.78 is 37.2. The first kappa shape index (κ1) is 11.6. The fraction of sp³-hybridized carbons (Fsp3) is 0.100. The van der Waals surface area contributed by atoms with E-state index in [1.54, 1.807) is 0 Å². The lowest BCUT2D eigenvalue weighted by Gasteiger charge is -2.05. The van der Waals surface area contributed by atoms with Crippen molar-refractivity contribution < 1.29 is 12.8 Å². The SMILES string of the molecule is CS(=O)(=O)c1cnn(-c2c(N)cccc2F)c1. The third kappa shape index (κ3) is 2.14. The van der Waals surface area contributed by atoms with E-state index in [2.05, 4.69) is 5.10 Å². The molecule has 0 unspecified atom stereocenters. The highest BCUT2D eigenvalue weighted by atomic mass is 32.2. The maximum Gasteiger partial charge on any atom is 0.178 e. The maximum atomic E-state index is 13.6. The minimum Gasteiger partial charge on any atom is -0.397 e. The van der Waals surface area contributed by atoms with Crippen molar-refractivity contribution in [3.05, 3.63) is 36.4 Å². The number of benzene rings is 1. The van der Waals surface area contributed by atoms with E-state index >= 15 is 0 Å². The summed E-state index contributed by atoms with van der Waals surface area (Å²) in [5.74, 6) is -0.562. The number of anilines is 1. The molecule has 1 aromatic carbocycles. The molecule has 5 nitrogen and oxygen atoms in total. The molecule has 17 heavy (non-hydrogen) atoms. The molecule has 0 fully saturated rings. The third-order valence-corrected chi connectivity index (χ3v) is 3.30. The molecule has 0 saturated carbocycles. The summed E-state index contributed by atoms with van der Waals surface area (Å²) in [5.41, 5.74) is 5.85. The Balaban J connectivity index is 2.59. The van der Waals surface area contributed by atoms with Crippen LogP contribution in [0.3, 0.4) is 0 Å². The monoisotopic (exact) mass is 255 g/mol. The topological polar surface area (TPSA) is 78.0 Å². The van der Waals surface area contributed by atoms with Gasteiger partial charge in [0.1, 0.15) is 10.6 Å². The molecule has 7 heteroatoms. The Morgan fingerprint density at radius 1 is 1.41 bits per heavy atom. The molecule has 2 aromatic rings. The first-order valence-electron chi connectivity index (χ1n) is 4.68. The quantitative estimate of drug-likeness (QED) is 0.812. The van der Waals surface area contributed by atoms with Crippen molar-refractivity contribution in [2.45, 2.75) is 4.90 Å². The Morgan fingerprint density at radius 2 is 2.12 bits per heavy atom. The predicted molar refractivity (Wildman–Crippen MR) is 61.0 cm³/mol.